The van der Waals surface area contributed by atoms with E-state index in [1.807, 2.05) is 0 Å². The summed E-state index contributed by atoms with van der Waals surface area (Å²) in [6.45, 7) is 1.69. The maximum Gasteiger partial charge on any atom is 0.257 e. The van der Waals surface area contributed by atoms with Crippen LogP contribution in [-0.2, 0) is 10.0 Å². The van der Waals surface area contributed by atoms with Gasteiger partial charge < -0.3 is 5.32 Å². The molecule has 1 heterocycles. The van der Waals surface area contributed by atoms with Crippen molar-refractivity contribution in [2.75, 3.05) is 12.4 Å². The Kier molecular flexibility index (Phi) is 4.94. The number of hydrogen-bond acceptors (Lipinski definition) is 4. The van der Waals surface area contributed by atoms with Gasteiger partial charge in [0.15, 0.2) is 0 Å². The van der Waals surface area contributed by atoms with Gasteiger partial charge in [-0.05, 0) is 53.7 Å². The summed E-state index contributed by atoms with van der Waals surface area (Å²) in [6.07, 6.45) is 3.00. The number of hydrogen-bond donors (Lipinski definition) is 2. The smallest absolute Gasteiger partial charge is 0.257 e. The average Bonchev–Trinajstić information content (AvgIpc) is 2.49. The van der Waals surface area contributed by atoms with Crippen LogP contribution in [0, 0.1) is 6.92 Å². The molecular weight excluding hydrogens is 370 g/mol. The average molecular weight is 384 g/mol. The summed E-state index contributed by atoms with van der Waals surface area (Å²) in [6, 6.07) is 6.33. The summed E-state index contributed by atoms with van der Waals surface area (Å²) in [7, 11) is -2.24. The molecule has 0 radical (unpaired) electrons. The summed E-state index contributed by atoms with van der Waals surface area (Å²) >= 11 is 3.24. The predicted octanol–water partition coefficient (Wildman–Crippen LogP) is 2.31. The molecule has 0 atom stereocenters. The molecule has 2 aromatic rings. The zero-order valence-corrected chi connectivity index (χ0v) is 14.3. The normalized spacial score (nSPS) is 11.2. The Morgan fingerprint density at radius 2 is 1.95 bits per heavy atom. The van der Waals surface area contributed by atoms with Gasteiger partial charge in [-0.2, -0.15) is 0 Å². The van der Waals surface area contributed by atoms with Crippen LogP contribution in [0.5, 0.6) is 0 Å². The van der Waals surface area contributed by atoms with Gasteiger partial charge in [0.1, 0.15) is 0 Å². The molecule has 116 valence electrons. The fraction of sp³-hybridized carbons (Fsp3) is 0.143. The van der Waals surface area contributed by atoms with E-state index in [0.29, 0.717) is 21.3 Å². The zero-order chi connectivity index (χ0) is 16.3. The number of sulfonamides is 1. The van der Waals surface area contributed by atoms with E-state index in [-0.39, 0.29) is 10.8 Å². The van der Waals surface area contributed by atoms with Crippen molar-refractivity contribution < 1.29 is 13.2 Å². The fourth-order valence-corrected chi connectivity index (χ4v) is 3.18. The highest BCUT2D eigenvalue weighted by Gasteiger charge is 2.16. The lowest BCUT2D eigenvalue weighted by Gasteiger charge is -2.10. The number of aromatic nitrogens is 1. The summed E-state index contributed by atoms with van der Waals surface area (Å²) in [4.78, 5) is 16.2. The van der Waals surface area contributed by atoms with Crippen LogP contribution in [0.2, 0.25) is 0 Å². The second-order valence-corrected chi connectivity index (χ2v) is 7.30. The molecule has 0 bridgehead atoms. The van der Waals surface area contributed by atoms with E-state index in [9.17, 15) is 13.2 Å². The maximum absolute atomic E-state index is 12.1. The van der Waals surface area contributed by atoms with Crippen LogP contribution in [0.25, 0.3) is 0 Å². The van der Waals surface area contributed by atoms with E-state index >= 15 is 0 Å². The number of halogens is 1. The van der Waals surface area contributed by atoms with Crippen LogP contribution in [0.1, 0.15) is 15.9 Å². The third-order valence-corrected chi connectivity index (χ3v) is 4.96. The van der Waals surface area contributed by atoms with Crippen molar-refractivity contribution in [2.24, 2.45) is 0 Å². The Hall–Kier alpha value is -1.77. The molecule has 0 aliphatic heterocycles. The quantitative estimate of drug-likeness (QED) is 0.847. The summed E-state index contributed by atoms with van der Waals surface area (Å²) in [5.41, 5.74) is 1.36. The van der Waals surface area contributed by atoms with Gasteiger partial charge in [-0.15, -0.1) is 0 Å². The fourth-order valence-electron chi connectivity index (χ4n) is 1.82. The topological polar surface area (TPSA) is 88.2 Å². The maximum atomic E-state index is 12.1. The molecule has 0 spiro atoms. The van der Waals surface area contributed by atoms with Crippen molar-refractivity contribution in [3.05, 3.63) is 52.3 Å². The van der Waals surface area contributed by atoms with Gasteiger partial charge >= 0.3 is 0 Å². The lowest BCUT2D eigenvalue weighted by Crippen LogP contribution is -2.20. The number of nitrogens with zero attached hydrogens (tertiary/aromatic N) is 1. The Balaban J connectivity index is 2.31. The third kappa shape index (κ3) is 3.70. The SMILES string of the molecule is CNS(=O)(=O)c1cc(NC(=O)c2cncc(Br)c2)ccc1C. The molecule has 1 amide bonds. The number of carbonyl (C=O) groups is 1. The summed E-state index contributed by atoms with van der Waals surface area (Å²) < 4.78 is 26.8. The van der Waals surface area contributed by atoms with Gasteiger partial charge in [0.05, 0.1) is 10.5 Å². The van der Waals surface area contributed by atoms with E-state index in [0.717, 1.165) is 0 Å². The lowest BCUT2D eigenvalue weighted by molar-refractivity contribution is 0.102. The minimum absolute atomic E-state index is 0.125. The van der Waals surface area contributed by atoms with Gasteiger partial charge in [0.2, 0.25) is 10.0 Å². The number of nitrogens with one attached hydrogen (secondary N) is 2. The minimum Gasteiger partial charge on any atom is -0.322 e. The van der Waals surface area contributed by atoms with Crippen molar-refractivity contribution in [1.29, 1.82) is 0 Å². The first kappa shape index (κ1) is 16.6. The van der Waals surface area contributed by atoms with Gasteiger partial charge in [-0.3, -0.25) is 9.78 Å². The van der Waals surface area contributed by atoms with Crippen LogP contribution < -0.4 is 10.0 Å². The number of aryl methyl sites for hydroxylation is 1. The van der Waals surface area contributed by atoms with E-state index in [1.165, 1.54) is 19.3 Å². The molecule has 1 aromatic heterocycles. The highest BCUT2D eigenvalue weighted by Crippen LogP contribution is 2.20. The second kappa shape index (κ2) is 6.55. The van der Waals surface area contributed by atoms with Crippen molar-refractivity contribution >= 4 is 37.5 Å². The standard InChI is InChI=1S/C14H14BrN3O3S/c1-9-3-4-12(6-13(9)22(20,21)16-2)18-14(19)10-5-11(15)8-17-7-10/h3-8,16H,1-2H3,(H,18,19). The molecule has 0 aliphatic rings. The van der Waals surface area contributed by atoms with Crippen molar-refractivity contribution in [3.8, 4) is 0 Å². The molecule has 22 heavy (non-hydrogen) atoms. The second-order valence-electron chi connectivity index (χ2n) is 4.53. The summed E-state index contributed by atoms with van der Waals surface area (Å²) in [5.74, 6) is -0.370. The number of benzene rings is 1. The number of anilines is 1. The zero-order valence-electron chi connectivity index (χ0n) is 11.9. The van der Waals surface area contributed by atoms with Crippen molar-refractivity contribution in [1.82, 2.24) is 9.71 Å². The molecule has 1 aromatic carbocycles. The molecule has 2 N–H and O–H groups in total. The van der Waals surface area contributed by atoms with Crippen LogP contribution in [0.15, 0.2) is 46.0 Å². The first-order valence-corrected chi connectivity index (χ1v) is 8.57. The Labute approximate surface area is 137 Å². The van der Waals surface area contributed by atoms with Crippen LogP contribution in [0.4, 0.5) is 5.69 Å². The van der Waals surface area contributed by atoms with Crippen LogP contribution >= 0.6 is 15.9 Å². The molecule has 2 rings (SSSR count). The first-order valence-electron chi connectivity index (χ1n) is 6.29. The van der Waals surface area contributed by atoms with Gasteiger partial charge in [0.25, 0.3) is 5.91 Å². The van der Waals surface area contributed by atoms with Gasteiger partial charge in [0, 0.05) is 22.6 Å². The van der Waals surface area contributed by atoms with Crippen LogP contribution in [-0.4, -0.2) is 26.4 Å². The Morgan fingerprint density at radius 1 is 1.23 bits per heavy atom. The number of pyridine rings is 1. The largest absolute Gasteiger partial charge is 0.322 e. The molecule has 0 fully saturated rings. The lowest BCUT2D eigenvalue weighted by atomic mass is 10.2. The van der Waals surface area contributed by atoms with Crippen LogP contribution in [0.3, 0.4) is 0 Å². The number of carbonyl (C=O) groups excluding carboxylic acids is 1. The third-order valence-electron chi connectivity index (χ3n) is 2.97. The van der Waals surface area contributed by atoms with Crippen molar-refractivity contribution in [3.63, 3.8) is 0 Å². The first-order chi connectivity index (χ1) is 10.3. The summed E-state index contributed by atoms with van der Waals surface area (Å²) in [5, 5.41) is 2.66. The molecule has 0 saturated heterocycles. The molecule has 6 nitrogen and oxygen atoms in total. The van der Waals surface area contributed by atoms with E-state index in [2.05, 4.69) is 31.0 Å². The van der Waals surface area contributed by atoms with Gasteiger partial charge in [-0.25, -0.2) is 13.1 Å². The van der Waals surface area contributed by atoms with Crippen molar-refractivity contribution in [2.45, 2.75) is 11.8 Å². The number of amides is 1. The molecule has 0 aliphatic carbocycles. The number of rotatable bonds is 4. The highest BCUT2D eigenvalue weighted by atomic mass is 79.9. The molecule has 8 heteroatoms. The van der Waals surface area contributed by atoms with E-state index in [1.54, 1.807) is 31.3 Å². The Bertz CT molecular complexity index is 822. The minimum atomic E-state index is -3.58. The molecule has 0 unspecified atom stereocenters. The van der Waals surface area contributed by atoms with Gasteiger partial charge in [-0.1, -0.05) is 6.07 Å². The molecular formula is C14H14BrN3O3S. The predicted molar refractivity (Wildman–Crippen MR) is 87.3 cm³/mol. The van der Waals surface area contributed by atoms with E-state index in [4.69, 9.17) is 0 Å². The van der Waals surface area contributed by atoms with E-state index < -0.39 is 10.0 Å². The highest BCUT2D eigenvalue weighted by molar-refractivity contribution is 9.10. The Morgan fingerprint density at radius 3 is 2.59 bits per heavy atom. The monoisotopic (exact) mass is 383 g/mol. The molecule has 0 saturated carbocycles.